The smallest absolute Gasteiger partial charge is 0.123 e. The molecular formula is C19H21FN2O. The lowest BCUT2D eigenvalue weighted by atomic mass is 10.0. The van der Waals surface area contributed by atoms with Crippen molar-refractivity contribution in [3.05, 3.63) is 59.9 Å². The number of hydrogen-bond donors (Lipinski definition) is 0. The van der Waals surface area contributed by atoms with Gasteiger partial charge in [-0.15, -0.1) is 0 Å². The quantitative estimate of drug-likeness (QED) is 0.848. The van der Waals surface area contributed by atoms with Gasteiger partial charge in [0.05, 0.1) is 0 Å². The zero-order valence-corrected chi connectivity index (χ0v) is 13.1. The van der Waals surface area contributed by atoms with Gasteiger partial charge in [0.2, 0.25) is 0 Å². The van der Waals surface area contributed by atoms with E-state index in [1.165, 1.54) is 17.7 Å². The summed E-state index contributed by atoms with van der Waals surface area (Å²) >= 11 is 0. The molecular weight excluding hydrogens is 291 g/mol. The Morgan fingerprint density at radius 3 is 2.43 bits per heavy atom. The molecule has 0 radical (unpaired) electrons. The maximum atomic E-state index is 13.0. The van der Waals surface area contributed by atoms with Crippen molar-refractivity contribution >= 4 is 5.69 Å². The highest BCUT2D eigenvalue weighted by Crippen LogP contribution is 2.27. The summed E-state index contributed by atoms with van der Waals surface area (Å²) in [5.41, 5.74) is 2.42. The molecule has 0 spiro atoms. The van der Waals surface area contributed by atoms with Crippen molar-refractivity contribution < 1.29 is 9.13 Å². The second-order valence-corrected chi connectivity index (χ2v) is 6.28. The Labute approximate surface area is 136 Å². The predicted molar refractivity (Wildman–Crippen MR) is 89.6 cm³/mol. The number of nitrogens with zero attached hydrogens (tertiary/aromatic N) is 2. The van der Waals surface area contributed by atoms with Gasteiger partial charge >= 0.3 is 0 Å². The van der Waals surface area contributed by atoms with Gasteiger partial charge in [-0.25, -0.2) is 4.39 Å². The van der Waals surface area contributed by atoms with Crippen LogP contribution in [-0.2, 0) is 6.42 Å². The van der Waals surface area contributed by atoms with Crippen LogP contribution in [0.25, 0.3) is 0 Å². The van der Waals surface area contributed by atoms with Crippen LogP contribution in [0.4, 0.5) is 10.1 Å². The fourth-order valence-electron chi connectivity index (χ4n) is 3.54. The molecule has 120 valence electrons. The van der Waals surface area contributed by atoms with Crippen LogP contribution in [0.3, 0.4) is 0 Å². The number of hydrogen-bond acceptors (Lipinski definition) is 3. The Morgan fingerprint density at radius 2 is 1.65 bits per heavy atom. The van der Waals surface area contributed by atoms with Gasteiger partial charge in [0.15, 0.2) is 0 Å². The van der Waals surface area contributed by atoms with Gasteiger partial charge in [0.1, 0.15) is 18.2 Å². The lowest BCUT2D eigenvalue weighted by Crippen LogP contribution is -2.53. The molecule has 0 amide bonds. The van der Waals surface area contributed by atoms with E-state index in [1.54, 1.807) is 0 Å². The highest BCUT2D eigenvalue weighted by atomic mass is 19.1. The molecule has 3 nitrogen and oxygen atoms in total. The first-order valence-electron chi connectivity index (χ1n) is 8.25. The second-order valence-electron chi connectivity index (χ2n) is 6.28. The van der Waals surface area contributed by atoms with Gasteiger partial charge in [0.25, 0.3) is 0 Å². The summed E-state index contributed by atoms with van der Waals surface area (Å²) in [5.74, 6) is 0.860. The van der Waals surface area contributed by atoms with Gasteiger partial charge in [-0.1, -0.05) is 18.2 Å². The van der Waals surface area contributed by atoms with Crippen molar-refractivity contribution in [2.75, 3.05) is 37.7 Å². The molecule has 2 aromatic carbocycles. The molecule has 1 atom stereocenters. The number of fused-ring (bicyclic) bond motifs is 1. The summed E-state index contributed by atoms with van der Waals surface area (Å²) in [4.78, 5) is 4.85. The lowest BCUT2D eigenvalue weighted by molar-refractivity contribution is 0.113. The van der Waals surface area contributed by atoms with Crippen molar-refractivity contribution in [3.63, 3.8) is 0 Å². The summed E-state index contributed by atoms with van der Waals surface area (Å²) in [6.07, 6.45) is 1.06. The monoisotopic (exact) mass is 312 g/mol. The molecule has 0 bridgehead atoms. The summed E-state index contributed by atoms with van der Waals surface area (Å²) in [7, 11) is 0. The number of halogens is 1. The molecule has 0 aromatic heterocycles. The average molecular weight is 312 g/mol. The van der Waals surface area contributed by atoms with Crippen LogP contribution in [-0.4, -0.2) is 43.7 Å². The Hall–Kier alpha value is -2.07. The van der Waals surface area contributed by atoms with Crippen LogP contribution in [0.1, 0.15) is 5.56 Å². The van der Waals surface area contributed by atoms with Crippen LogP contribution < -0.4 is 9.64 Å². The Kier molecular flexibility index (Phi) is 3.92. The van der Waals surface area contributed by atoms with Crippen LogP contribution in [0.15, 0.2) is 48.5 Å². The van der Waals surface area contributed by atoms with E-state index in [4.69, 9.17) is 4.74 Å². The van der Waals surface area contributed by atoms with E-state index in [2.05, 4.69) is 28.0 Å². The number of anilines is 1. The molecule has 0 N–H and O–H groups in total. The number of para-hydroxylation sites is 1. The highest BCUT2D eigenvalue weighted by Gasteiger charge is 2.28. The van der Waals surface area contributed by atoms with Crippen molar-refractivity contribution in [3.8, 4) is 5.75 Å². The van der Waals surface area contributed by atoms with Crippen LogP contribution in [0.5, 0.6) is 5.75 Å². The first-order valence-corrected chi connectivity index (χ1v) is 8.25. The third kappa shape index (κ3) is 3.04. The minimum absolute atomic E-state index is 0.176. The molecule has 1 fully saturated rings. The highest BCUT2D eigenvalue weighted by molar-refractivity contribution is 5.46. The maximum absolute atomic E-state index is 13.0. The summed E-state index contributed by atoms with van der Waals surface area (Å²) in [6, 6.07) is 15.6. The second kappa shape index (κ2) is 6.20. The lowest BCUT2D eigenvalue weighted by Gasteiger charge is -2.41. The largest absolute Gasteiger partial charge is 0.492 e. The normalized spacial score (nSPS) is 21.6. The Morgan fingerprint density at radius 1 is 0.913 bits per heavy atom. The van der Waals surface area contributed by atoms with E-state index >= 15 is 0 Å². The van der Waals surface area contributed by atoms with Gasteiger partial charge in [-0.05, 0) is 42.3 Å². The number of ether oxygens (including phenoxy) is 1. The van der Waals surface area contributed by atoms with E-state index < -0.39 is 0 Å². The molecule has 2 heterocycles. The molecule has 2 aromatic rings. The first kappa shape index (κ1) is 14.5. The molecule has 2 aliphatic heterocycles. The number of rotatable bonds is 2. The third-order valence-corrected chi connectivity index (χ3v) is 4.88. The molecule has 0 saturated carbocycles. The third-order valence-electron chi connectivity index (χ3n) is 4.88. The molecule has 23 heavy (non-hydrogen) atoms. The van der Waals surface area contributed by atoms with Crippen LogP contribution in [0, 0.1) is 5.82 Å². The van der Waals surface area contributed by atoms with Crippen molar-refractivity contribution in [2.24, 2.45) is 0 Å². The van der Waals surface area contributed by atoms with Crippen molar-refractivity contribution in [1.29, 1.82) is 0 Å². The van der Waals surface area contributed by atoms with E-state index in [1.807, 2.05) is 18.2 Å². The number of benzene rings is 2. The zero-order chi connectivity index (χ0) is 15.6. The molecule has 0 aliphatic carbocycles. The van der Waals surface area contributed by atoms with Crippen LogP contribution in [0.2, 0.25) is 0 Å². The molecule has 4 rings (SSSR count). The van der Waals surface area contributed by atoms with Crippen LogP contribution >= 0.6 is 0 Å². The predicted octanol–water partition coefficient (Wildman–Crippen LogP) is 2.95. The Bertz CT molecular complexity index is 665. The summed E-state index contributed by atoms with van der Waals surface area (Å²) in [6.45, 7) is 4.77. The first-order chi connectivity index (χ1) is 11.3. The fraction of sp³-hybridized carbons (Fsp3) is 0.368. The fourth-order valence-corrected chi connectivity index (χ4v) is 3.54. The maximum Gasteiger partial charge on any atom is 0.123 e. The summed E-state index contributed by atoms with van der Waals surface area (Å²) < 4.78 is 19.0. The van der Waals surface area contributed by atoms with E-state index in [0.717, 1.165) is 50.6 Å². The average Bonchev–Trinajstić information content (AvgIpc) is 2.62. The molecule has 1 unspecified atom stereocenters. The van der Waals surface area contributed by atoms with Gasteiger partial charge in [0, 0.05) is 37.9 Å². The Balaban J connectivity index is 1.38. The van der Waals surface area contributed by atoms with E-state index in [0.29, 0.717) is 6.04 Å². The minimum Gasteiger partial charge on any atom is -0.492 e. The zero-order valence-electron chi connectivity index (χ0n) is 13.1. The number of piperazine rings is 1. The molecule has 4 heteroatoms. The van der Waals surface area contributed by atoms with Gasteiger partial charge in [-0.3, -0.25) is 4.90 Å². The summed E-state index contributed by atoms with van der Waals surface area (Å²) in [5, 5.41) is 0. The standard InChI is InChI=1S/C19H21FN2O/c20-16-5-7-17(8-6-16)21-9-11-22(12-10-21)18-13-15-3-1-2-4-19(15)23-14-18/h1-8,18H,9-14H2. The van der Waals surface area contributed by atoms with Gasteiger partial charge < -0.3 is 9.64 Å². The molecule has 2 aliphatic rings. The van der Waals surface area contributed by atoms with E-state index in [9.17, 15) is 4.39 Å². The molecule has 1 saturated heterocycles. The van der Waals surface area contributed by atoms with Crippen molar-refractivity contribution in [1.82, 2.24) is 4.90 Å². The minimum atomic E-state index is -0.176. The topological polar surface area (TPSA) is 15.7 Å². The van der Waals surface area contributed by atoms with Crippen molar-refractivity contribution in [2.45, 2.75) is 12.5 Å². The SMILES string of the molecule is Fc1ccc(N2CCN(C3COc4ccccc4C3)CC2)cc1. The van der Waals surface area contributed by atoms with Gasteiger partial charge in [-0.2, -0.15) is 0 Å². The van der Waals surface area contributed by atoms with E-state index in [-0.39, 0.29) is 5.82 Å².